The van der Waals surface area contributed by atoms with Gasteiger partial charge in [-0.05, 0) is 50.6 Å². The summed E-state index contributed by atoms with van der Waals surface area (Å²) in [4.78, 5) is 44.9. The lowest BCUT2D eigenvalue weighted by molar-refractivity contribution is -0.139. The molecule has 2 aliphatic rings. The van der Waals surface area contributed by atoms with Crippen LogP contribution in [0.5, 0.6) is 0 Å². The van der Waals surface area contributed by atoms with E-state index < -0.39 is 17.8 Å². The highest BCUT2D eigenvalue weighted by molar-refractivity contribution is 5.95. The molecule has 0 bridgehead atoms. The molecule has 0 aromatic heterocycles. The van der Waals surface area contributed by atoms with E-state index >= 15 is 0 Å². The Morgan fingerprint density at radius 2 is 1.76 bits per heavy atom. The number of urea groups is 1. The molecule has 4 rings (SSSR count). The fraction of sp³-hybridized carbons (Fsp3) is 0.393. The van der Waals surface area contributed by atoms with Crippen molar-refractivity contribution in [2.24, 2.45) is 0 Å². The second kappa shape index (κ2) is 11.6. The Bertz CT molecular complexity index is 1170. The van der Waals surface area contributed by atoms with Crippen LogP contribution in [0.15, 0.2) is 65.9 Å². The number of halogens is 1. The third-order valence-corrected chi connectivity index (χ3v) is 6.82. The molecule has 0 radical (unpaired) electrons. The number of hydrogen-bond donors (Lipinski definition) is 1. The Labute approximate surface area is 216 Å². The average Bonchev–Trinajstić information content (AvgIpc) is 2.89. The summed E-state index contributed by atoms with van der Waals surface area (Å²) in [6, 6.07) is 13.8. The van der Waals surface area contributed by atoms with Crippen molar-refractivity contribution in [2.45, 2.75) is 32.9 Å². The molecule has 196 valence electrons. The molecule has 0 unspecified atom stereocenters. The maximum absolute atomic E-state index is 13.6. The van der Waals surface area contributed by atoms with Gasteiger partial charge in [0.05, 0.1) is 18.2 Å². The Hall–Kier alpha value is -3.72. The van der Waals surface area contributed by atoms with Crippen molar-refractivity contribution in [1.29, 1.82) is 0 Å². The first kappa shape index (κ1) is 26.3. The van der Waals surface area contributed by atoms with Crippen molar-refractivity contribution in [1.82, 2.24) is 20.0 Å². The summed E-state index contributed by atoms with van der Waals surface area (Å²) in [6.07, 6.45) is 0. The Balaban J connectivity index is 1.63. The summed E-state index contributed by atoms with van der Waals surface area (Å²) in [6.45, 7) is 8.16. The molecule has 2 aromatic carbocycles. The Morgan fingerprint density at radius 3 is 2.38 bits per heavy atom. The number of amides is 3. The van der Waals surface area contributed by atoms with Crippen LogP contribution < -0.4 is 5.32 Å². The van der Waals surface area contributed by atoms with Crippen LogP contribution in [0, 0.1) is 5.82 Å². The molecule has 0 spiro atoms. The smallest absolute Gasteiger partial charge is 0.338 e. The van der Waals surface area contributed by atoms with Crippen LogP contribution >= 0.6 is 0 Å². The van der Waals surface area contributed by atoms with Gasteiger partial charge in [0.25, 0.3) is 5.91 Å². The molecule has 1 N–H and O–H groups in total. The molecule has 9 heteroatoms. The van der Waals surface area contributed by atoms with Crippen LogP contribution in [0.1, 0.15) is 42.7 Å². The number of carbonyl (C=O) groups is 3. The largest absolute Gasteiger partial charge is 0.463 e. The lowest BCUT2D eigenvalue weighted by Crippen LogP contribution is -2.56. The molecule has 2 aliphatic heterocycles. The minimum absolute atomic E-state index is 0.0113. The molecule has 1 fully saturated rings. The summed E-state index contributed by atoms with van der Waals surface area (Å²) in [7, 11) is 0. The van der Waals surface area contributed by atoms with Gasteiger partial charge in [-0.1, -0.05) is 30.3 Å². The number of nitrogens with zero attached hydrogens (tertiary/aromatic N) is 3. The lowest BCUT2D eigenvalue weighted by Gasteiger charge is -2.43. The highest BCUT2D eigenvalue weighted by Crippen LogP contribution is 2.32. The minimum atomic E-state index is -0.761. The van der Waals surface area contributed by atoms with Gasteiger partial charge in [0.2, 0.25) is 0 Å². The first-order valence-corrected chi connectivity index (χ1v) is 12.7. The van der Waals surface area contributed by atoms with Crippen molar-refractivity contribution in [3.63, 3.8) is 0 Å². The van der Waals surface area contributed by atoms with Crippen LogP contribution in [0.3, 0.4) is 0 Å². The summed E-state index contributed by atoms with van der Waals surface area (Å²) in [5, 5.41) is 2.89. The van der Waals surface area contributed by atoms with Gasteiger partial charge in [-0.25, -0.2) is 14.0 Å². The molecule has 3 amide bonds. The highest BCUT2D eigenvalue weighted by atomic mass is 19.1. The lowest BCUT2D eigenvalue weighted by atomic mass is 9.94. The van der Waals surface area contributed by atoms with Gasteiger partial charge < -0.3 is 15.0 Å². The van der Waals surface area contributed by atoms with Gasteiger partial charge in [-0.3, -0.25) is 14.6 Å². The summed E-state index contributed by atoms with van der Waals surface area (Å²) < 4.78 is 19.0. The summed E-state index contributed by atoms with van der Waals surface area (Å²) in [5.74, 6) is -0.932. The predicted octanol–water partition coefficient (Wildman–Crippen LogP) is 3.58. The van der Waals surface area contributed by atoms with E-state index in [1.807, 2.05) is 49.1 Å². The van der Waals surface area contributed by atoms with Crippen molar-refractivity contribution < 1.29 is 23.5 Å². The van der Waals surface area contributed by atoms with E-state index in [-0.39, 0.29) is 24.6 Å². The van der Waals surface area contributed by atoms with Gasteiger partial charge in [0.1, 0.15) is 5.82 Å². The number of piperazine rings is 1. The highest BCUT2D eigenvalue weighted by Gasteiger charge is 2.39. The van der Waals surface area contributed by atoms with Crippen molar-refractivity contribution in [3.05, 3.63) is 82.8 Å². The first-order valence-electron chi connectivity index (χ1n) is 12.7. The van der Waals surface area contributed by atoms with Gasteiger partial charge in [0, 0.05) is 50.0 Å². The van der Waals surface area contributed by atoms with Gasteiger partial charge >= 0.3 is 12.0 Å². The molecule has 2 heterocycles. The van der Waals surface area contributed by atoms with Gasteiger partial charge in [-0.2, -0.15) is 0 Å². The average molecular weight is 509 g/mol. The van der Waals surface area contributed by atoms with E-state index in [0.29, 0.717) is 55.1 Å². The molecule has 37 heavy (non-hydrogen) atoms. The van der Waals surface area contributed by atoms with E-state index in [1.54, 1.807) is 24.0 Å². The van der Waals surface area contributed by atoms with Crippen LogP contribution in [0.25, 0.3) is 0 Å². The maximum atomic E-state index is 13.6. The Kier molecular flexibility index (Phi) is 8.23. The molecule has 1 saturated heterocycles. The Morgan fingerprint density at radius 1 is 1.05 bits per heavy atom. The van der Waals surface area contributed by atoms with E-state index in [1.165, 1.54) is 12.1 Å². The maximum Gasteiger partial charge on any atom is 0.338 e. The number of carbonyl (C=O) groups excluding carboxylic acids is 3. The SMILES string of the molecule is CCOC(=O)C1=C(CN2CCN(C(=O)c3ccccc3)[C@@H](C)C2)N(CC)C(=O)N[C@@H]1c1ccc(F)cc1. The zero-order chi connectivity index (χ0) is 26.5. The molecule has 0 saturated carbocycles. The zero-order valence-electron chi connectivity index (χ0n) is 21.4. The van der Waals surface area contributed by atoms with Crippen molar-refractivity contribution >= 4 is 17.9 Å². The molecule has 2 aromatic rings. The molecular weight excluding hydrogens is 475 g/mol. The molecule has 8 nitrogen and oxygen atoms in total. The van der Waals surface area contributed by atoms with E-state index in [0.717, 1.165) is 0 Å². The number of ether oxygens (including phenoxy) is 1. The molecule has 0 aliphatic carbocycles. The topological polar surface area (TPSA) is 82.2 Å². The number of hydrogen-bond acceptors (Lipinski definition) is 5. The second-order valence-electron chi connectivity index (χ2n) is 9.21. The molecule has 2 atom stereocenters. The first-order chi connectivity index (χ1) is 17.8. The van der Waals surface area contributed by atoms with Crippen LogP contribution in [0.2, 0.25) is 0 Å². The third-order valence-electron chi connectivity index (χ3n) is 6.82. The number of esters is 1. The number of rotatable bonds is 7. The second-order valence-corrected chi connectivity index (χ2v) is 9.21. The standard InChI is InChI=1S/C28H33FN4O4/c1-4-32-23(18-31-15-16-33(19(3)17-31)26(34)21-9-7-6-8-10-21)24(27(35)37-5-2)25(30-28(32)36)20-11-13-22(29)14-12-20/h6-14,19,25H,4-5,15-18H2,1-3H3,(H,30,36)/t19-,25+/m0/s1. The van der Waals surface area contributed by atoms with Crippen LogP contribution in [-0.4, -0.2) is 78.0 Å². The molecular formula is C28H33FN4O4. The van der Waals surface area contributed by atoms with E-state index in [4.69, 9.17) is 4.74 Å². The number of nitrogens with one attached hydrogen (secondary N) is 1. The number of likely N-dealkylation sites (N-methyl/N-ethyl adjacent to an activating group) is 1. The van der Waals surface area contributed by atoms with E-state index in [9.17, 15) is 18.8 Å². The monoisotopic (exact) mass is 508 g/mol. The van der Waals surface area contributed by atoms with Crippen molar-refractivity contribution in [2.75, 3.05) is 39.3 Å². The number of benzene rings is 2. The van der Waals surface area contributed by atoms with Crippen molar-refractivity contribution in [3.8, 4) is 0 Å². The minimum Gasteiger partial charge on any atom is -0.463 e. The normalized spacial score (nSPS) is 20.6. The van der Waals surface area contributed by atoms with Crippen LogP contribution in [-0.2, 0) is 9.53 Å². The van der Waals surface area contributed by atoms with Gasteiger partial charge in [-0.15, -0.1) is 0 Å². The van der Waals surface area contributed by atoms with Crippen LogP contribution in [0.4, 0.5) is 9.18 Å². The predicted molar refractivity (Wildman–Crippen MR) is 137 cm³/mol. The quantitative estimate of drug-likeness (QED) is 0.579. The summed E-state index contributed by atoms with van der Waals surface area (Å²) >= 11 is 0. The summed E-state index contributed by atoms with van der Waals surface area (Å²) in [5.41, 5.74) is 2.15. The zero-order valence-corrected chi connectivity index (χ0v) is 21.4. The van der Waals surface area contributed by atoms with Gasteiger partial charge in [0.15, 0.2) is 0 Å². The fourth-order valence-corrected chi connectivity index (χ4v) is 5.00. The fourth-order valence-electron chi connectivity index (χ4n) is 5.00. The van der Waals surface area contributed by atoms with E-state index in [2.05, 4.69) is 10.2 Å². The third kappa shape index (κ3) is 5.67.